The molecule has 0 unspecified atom stereocenters. The maximum atomic E-state index is 12.3. The van der Waals surface area contributed by atoms with Crippen molar-refractivity contribution >= 4 is 23.5 Å². The number of benzene rings is 2. The number of hydrogen-bond acceptors (Lipinski definition) is 4. The fourth-order valence-corrected chi connectivity index (χ4v) is 2.51. The third-order valence-corrected chi connectivity index (χ3v) is 4.33. The largest absolute Gasteiger partial charge is 0.462 e. The quantitative estimate of drug-likeness (QED) is 0.342. The first-order valence-corrected chi connectivity index (χ1v) is 9.14. The molecular weight excluding hydrogens is 352 g/mol. The molecule has 0 aliphatic heterocycles. The zero-order valence-corrected chi connectivity index (χ0v) is 15.8. The van der Waals surface area contributed by atoms with Crippen LogP contribution in [0.4, 0.5) is 0 Å². The topological polar surface area (TPSA) is 52.6 Å². The fourth-order valence-electron chi connectivity index (χ4n) is 2.40. The van der Waals surface area contributed by atoms with Gasteiger partial charge in [0.15, 0.2) is 0 Å². The average molecular weight is 375 g/mol. The molecule has 0 aliphatic rings. The molecule has 0 radical (unpaired) electrons. The Hall–Kier alpha value is -2.33. The van der Waals surface area contributed by atoms with Crippen molar-refractivity contribution in [2.24, 2.45) is 0 Å². The molecule has 0 bridgehead atoms. The number of rotatable bonds is 8. The standard InChI is InChI=1S/C21H23ClO4/c1-3-4-5-6-12-25-20(23)16-8-7-9-17(14-16)21(24)26-18-10-11-19(22)15(2)13-18/h7-11,13-14H,3-6,12H2,1-2H3. The number of halogens is 1. The second kappa shape index (κ2) is 9.97. The highest BCUT2D eigenvalue weighted by Crippen LogP contribution is 2.22. The Morgan fingerprint density at radius 2 is 1.69 bits per heavy atom. The first-order valence-electron chi connectivity index (χ1n) is 8.76. The molecule has 0 saturated carbocycles. The summed E-state index contributed by atoms with van der Waals surface area (Å²) in [6.07, 6.45) is 4.14. The summed E-state index contributed by atoms with van der Waals surface area (Å²) in [5.41, 5.74) is 1.44. The van der Waals surface area contributed by atoms with Crippen LogP contribution >= 0.6 is 11.6 Å². The van der Waals surface area contributed by atoms with Gasteiger partial charge in [0.05, 0.1) is 17.7 Å². The van der Waals surface area contributed by atoms with Gasteiger partial charge in [-0.2, -0.15) is 0 Å². The van der Waals surface area contributed by atoms with Crippen molar-refractivity contribution in [3.8, 4) is 5.75 Å². The number of carbonyl (C=O) groups is 2. The molecule has 0 saturated heterocycles. The smallest absolute Gasteiger partial charge is 0.343 e. The summed E-state index contributed by atoms with van der Waals surface area (Å²) in [7, 11) is 0. The Bertz CT molecular complexity index is 770. The van der Waals surface area contributed by atoms with Crippen LogP contribution in [0.1, 0.15) is 58.9 Å². The van der Waals surface area contributed by atoms with E-state index in [2.05, 4.69) is 6.92 Å². The third kappa shape index (κ3) is 5.88. The minimum absolute atomic E-state index is 0.290. The molecule has 138 valence electrons. The first kappa shape index (κ1) is 20.0. The van der Waals surface area contributed by atoms with Gasteiger partial charge in [-0.1, -0.05) is 43.9 Å². The summed E-state index contributed by atoms with van der Waals surface area (Å²) < 4.78 is 10.6. The van der Waals surface area contributed by atoms with E-state index in [1.54, 1.807) is 36.4 Å². The Morgan fingerprint density at radius 1 is 0.962 bits per heavy atom. The van der Waals surface area contributed by atoms with Gasteiger partial charge in [-0.25, -0.2) is 9.59 Å². The Morgan fingerprint density at radius 3 is 2.38 bits per heavy atom. The number of ether oxygens (including phenoxy) is 2. The lowest BCUT2D eigenvalue weighted by atomic mass is 10.1. The van der Waals surface area contributed by atoms with E-state index in [1.807, 2.05) is 6.92 Å². The van der Waals surface area contributed by atoms with Crippen molar-refractivity contribution in [1.29, 1.82) is 0 Å². The highest BCUT2D eigenvalue weighted by molar-refractivity contribution is 6.31. The zero-order valence-electron chi connectivity index (χ0n) is 15.1. The lowest BCUT2D eigenvalue weighted by Crippen LogP contribution is -2.11. The number of carbonyl (C=O) groups excluding carboxylic acids is 2. The summed E-state index contributed by atoms with van der Waals surface area (Å²) in [5, 5.41) is 0.605. The summed E-state index contributed by atoms with van der Waals surface area (Å²) in [5.74, 6) is -0.566. The lowest BCUT2D eigenvalue weighted by Gasteiger charge is -2.08. The van der Waals surface area contributed by atoms with Gasteiger partial charge in [0, 0.05) is 5.02 Å². The molecule has 2 aromatic carbocycles. The van der Waals surface area contributed by atoms with E-state index in [0.29, 0.717) is 22.9 Å². The van der Waals surface area contributed by atoms with E-state index in [0.717, 1.165) is 31.2 Å². The van der Waals surface area contributed by atoms with Crippen LogP contribution in [0.15, 0.2) is 42.5 Å². The van der Waals surface area contributed by atoms with Crippen LogP contribution in [0.2, 0.25) is 5.02 Å². The normalized spacial score (nSPS) is 10.4. The van der Waals surface area contributed by atoms with Crippen LogP contribution in [0.3, 0.4) is 0 Å². The van der Waals surface area contributed by atoms with Crippen molar-refractivity contribution in [3.63, 3.8) is 0 Å². The van der Waals surface area contributed by atoms with E-state index < -0.39 is 11.9 Å². The molecular formula is C21H23ClO4. The van der Waals surface area contributed by atoms with Crippen molar-refractivity contribution in [3.05, 3.63) is 64.2 Å². The summed E-state index contributed by atoms with van der Waals surface area (Å²) in [6, 6.07) is 11.3. The molecule has 0 N–H and O–H groups in total. The van der Waals surface area contributed by atoms with Gasteiger partial charge in [0.2, 0.25) is 0 Å². The molecule has 4 nitrogen and oxygen atoms in total. The van der Waals surface area contributed by atoms with Crippen molar-refractivity contribution in [2.45, 2.75) is 39.5 Å². The second-order valence-corrected chi connectivity index (χ2v) is 6.49. The number of aryl methyl sites for hydroxylation is 1. The molecule has 0 fully saturated rings. The summed E-state index contributed by atoms with van der Waals surface area (Å²) in [6.45, 7) is 4.34. The van der Waals surface area contributed by atoms with Crippen LogP contribution in [-0.4, -0.2) is 18.5 Å². The molecule has 0 aromatic heterocycles. The van der Waals surface area contributed by atoms with E-state index in [9.17, 15) is 9.59 Å². The maximum absolute atomic E-state index is 12.3. The average Bonchev–Trinajstić information content (AvgIpc) is 2.64. The molecule has 0 heterocycles. The molecule has 0 atom stereocenters. The van der Waals surface area contributed by atoms with Crippen LogP contribution in [0, 0.1) is 6.92 Å². The van der Waals surface area contributed by atoms with Gasteiger partial charge in [0.25, 0.3) is 0 Å². The molecule has 0 aliphatic carbocycles. The SMILES string of the molecule is CCCCCCOC(=O)c1cccc(C(=O)Oc2ccc(Cl)c(C)c2)c1. The van der Waals surface area contributed by atoms with Gasteiger partial charge in [0.1, 0.15) is 5.75 Å². The molecule has 0 amide bonds. The summed E-state index contributed by atoms with van der Waals surface area (Å²) in [4.78, 5) is 24.4. The predicted octanol–water partition coefficient (Wildman–Crippen LogP) is 5.60. The van der Waals surface area contributed by atoms with Gasteiger partial charge < -0.3 is 9.47 Å². The van der Waals surface area contributed by atoms with Crippen LogP contribution in [0.25, 0.3) is 0 Å². The van der Waals surface area contributed by atoms with Gasteiger partial charge in [-0.3, -0.25) is 0 Å². The fraction of sp³-hybridized carbons (Fsp3) is 0.333. The predicted molar refractivity (Wildman–Crippen MR) is 102 cm³/mol. The first-order chi connectivity index (χ1) is 12.5. The minimum Gasteiger partial charge on any atom is -0.462 e. The van der Waals surface area contributed by atoms with Crippen LogP contribution < -0.4 is 4.74 Å². The van der Waals surface area contributed by atoms with Gasteiger partial charge in [-0.15, -0.1) is 0 Å². The van der Waals surface area contributed by atoms with E-state index in [1.165, 1.54) is 6.07 Å². The van der Waals surface area contributed by atoms with Crippen molar-refractivity contribution in [1.82, 2.24) is 0 Å². The van der Waals surface area contributed by atoms with Crippen LogP contribution in [-0.2, 0) is 4.74 Å². The number of esters is 2. The Balaban J connectivity index is 1.97. The van der Waals surface area contributed by atoms with E-state index in [-0.39, 0.29) is 5.56 Å². The highest BCUT2D eigenvalue weighted by Gasteiger charge is 2.13. The second-order valence-electron chi connectivity index (χ2n) is 6.08. The maximum Gasteiger partial charge on any atom is 0.343 e. The summed E-state index contributed by atoms with van der Waals surface area (Å²) >= 11 is 5.97. The van der Waals surface area contributed by atoms with Gasteiger partial charge in [-0.05, 0) is 55.3 Å². The lowest BCUT2D eigenvalue weighted by molar-refractivity contribution is 0.0498. The van der Waals surface area contributed by atoms with E-state index >= 15 is 0 Å². The van der Waals surface area contributed by atoms with Crippen molar-refractivity contribution in [2.75, 3.05) is 6.61 Å². The monoisotopic (exact) mass is 374 g/mol. The number of unbranched alkanes of at least 4 members (excludes halogenated alkanes) is 3. The zero-order chi connectivity index (χ0) is 18.9. The number of hydrogen-bond donors (Lipinski definition) is 0. The molecule has 26 heavy (non-hydrogen) atoms. The molecule has 5 heteroatoms. The minimum atomic E-state index is -0.538. The van der Waals surface area contributed by atoms with Crippen molar-refractivity contribution < 1.29 is 19.1 Å². The molecule has 0 spiro atoms. The van der Waals surface area contributed by atoms with Crippen LogP contribution in [0.5, 0.6) is 5.75 Å². The Labute approximate surface area is 159 Å². The Kier molecular flexibility index (Phi) is 7.67. The molecule has 2 rings (SSSR count). The van der Waals surface area contributed by atoms with E-state index in [4.69, 9.17) is 21.1 Å². The highest BCUT2D eigenvalue weighted by atomic mass is 35.5. The molecule has 2 aromatic rings. The third-order valence-electron chi connectivity index (χ3n) is 3.90. The van der Waals surface area contributed by atoms with Gasteiger partial charge >= 0.3 is 11.9 Å².